The van der Waals surface area contributed by atoms with Crippen molar-refractivity contribution in [2.45, 2.75) is 6.92 Å². The van der Waals surface area contributed by atoms with Crippen LogP contribution in [0.4, 0.5) is 22.0 Å². The first-order valence-corrected chi connectivity index (χ1v) is 5.42. The van der Waals surface area contributed by atoms with E-state index < -0.39 is 0 Å². The normalized spacial score (nSPS) is 10.1. The molecule has 2 rings (SSSR count). The molecule has 100 valence electrons. The van der Waals surface area contributed by atoms with Gasteiger partial charge in [0, 0.05) is 5.69 Å². The molecule has 8 heteroatoms. The highest BCUT2D eigenvalue weighted by atomic mass is 19.1. The molecule has 0 aliphatic rings. The summed E-state index contributed by atoms with van der Waals surface area (Å²) in [5.74, 6) is 5.37. The Morgan fingerprint density at radius 1 is 1.21 bits per heavy atom. The Kier molecular flexibility index (Phi) is 3.71. The molecule has 0 amide bonds. The lowest BCUT2D eigenvalue weighted by Gasteiger charge is -2.08. The van der Waals surface area contributed by atoms with Crippen LogP contribution in [0.5, 0.6) is 6.01 Å². The van der Waals surface area contributed by atoms with Crippen molar-refractivity contribution in [2.75, 3.05) is 17.9 Å². The van der Waals surface area contributed by atoms with E-state index in [1.807, 2.05) is 0 Å². The molecule has 0 saturated carbocycles. The third-order valence-electron chi connectivity index (χ3n) is 2.34. The van der Waals surface area contributed by atoms with E-state index in [0.29, 0.717) is 11.3 Å². The fourth-order valence-electron chi connectivity index (χ4n) is 1.42. The van der Waals surface area contributed by atoms with Gasteiger partial charge in [-0.25, -0.2) is 10.2 Å². The average Bonchev–Trinajstić information content (AvgIpc) is 2.42. The lowest BCUT2D eigenvalue weighted by molar-refractivity contribution is 0.379. The Labute approximate surface area is 109 Å². The summed E-state index contributed by atoms with van der Waals surface area (Å²) < 4.78 is 18.1. The number of nitrogens with one attached hydrogen (secondary N) is 2. The maximum atomic E-state index is 13.2. The second-order valence-electron chi connectivity index (χ2n) is 3.70. The summed E-state index contributed by atoms with van der Waals surface area (Å²) in [4.78, 5) is 11.9. The highest BCUT2D eigenvalue weighted by molar-refractivity contribution is 5.55. The number of ether oxygens (including phenoxy) is 1. The largest absolute Gasteiger partial charge is 0.467 e. The van der Waals surface area contributed by atoms with Crippen molar-refractivity contribution in [2.24, 2.45) is 5.84 Å². The molecule has 2 aromatic rings. The Morgan fingerprint density at radius 3 is 2.58 bits per heavy atom. The highest BCUT2D eigenvalue weighted by Gasteiger charge is 2.07. The molecule has 0 radical (unpaired) electrons. The molecule has 0 aliphatic heterocycles. The molecule has 0 fully saturated rings. The van der Waals surface area contributed by atoms with Crippen LogP contribution in [-0.2, 0) is 0 Å². The Hall–Kier alpha value is -2.48. The molecule has 4 N–H and O–H groups in total. The molecule has 19 heavy (non-hydrogen) atoms. The zero-order chi connectivity index (χ0) is 13.8. The number of methoxy groups -OCH3 is 1. The van der Waals surface area contributed by atoms with Crippen molar-refractivity contribution in [1.82, 2.24) is 15.0 Å². The van der Waals surface area contributed by atoms with E-state index in [9.17, 15) is 4.39 Å². The van der Waals surface area contributed by atoms with Crippen LogP contribution in [0.3, 0.4) is 0 Å². The molecule has 0 bridgehead atoms. The van der Waals surface area contributed by atoms with Gasteiger partial charge in [0.15, 0.2) is 0 Å². The molecule has 0 unspecified atom stereocenters. The molecule has 0 spiro atoms. The summed E-state index contributed by atoms with van der Waals surface area (Å²) in [6.07, 6.45) is 0. The number of hydrogen-bond donors (Lipinski definition) is 3. The number of nitrogen functional groups attached to an aromatic ring is 1. The highest BCUT2D eigenvalue weighted by Crippen LogP contribution is 2.18. The summed E-state index contributed by atoms with van der Waals surface area (Å²) >= 11 is 0. The van der Waals surface area contributed by atoms with Crippen molar-refractivity contribution >= 4 is 17.6 Å². The summed E-state index contributed by atoms with van der Waals surface area (Å²) in [6.45, 7) is 1.67. The number of benzene rings is 1. The van der Waals surface area contributed by atoms with Crippen LogP contribution in [0.25, 0.3) is 0 Å². The molecule has 1 aromatic carbocycles. The maximum Gasteiger partial charge on any atom is 0.322 e. The number of aryl methyl sites for hydroxylation is 1. The summed E-state index contributed by atoms with van der Waals surface area (Å²) in [7, 11) is 1.43. The van der Waals surface area contributed by atoms with Crippen molar-refractivity contribution in [1.29, 1.82) is 0 Å². The maximum absolute atomic E-state index is 13.2. The summed E-state index contributed by atoms with van der Waals surface area (Å²) in [5.41, 5.74) is 3.47. The predicted octanol–water partition coefficient (Wildman–Crippen LogP) is 1.36. The topological polar surface area (TPSA) is 98.0 Å². The second kappa shape index (κ2) is 5.44. The van der Waals surface area contributed by atoms with Crippen LogP contribution in [-0.4, -0.2) is 22.1 Å². The van der Waals surface area contributed by atoms with Crippen molar-refractivity contribution in [3.05, 3.63) is 29.6 Å². The fraction of sp³-hybridized carbons (Fsp3) is 0.182. The van der Waals surface area contributed by atoms with Crippen LogP contribution in [0.1, 0.15) is 5.56 Å². The van der Waals surface area contributed by atoms with Gasteiger partial charge < -0.3 is 10.1 Å². The third kappa shape index (κ3) is 3.05. The number of anilines is 3. The van der Waals surface area contributed by atoms with Crippen molar-refractivity contribution in [3.63, 3.8) is 0 Å². The minimum Gasteiger partial charge on any atom is -0.467 e. The first-order valence-electron chi connectivity index (χ1n) is 5.42. The lowest BCUT2D eigenvalue weighted by atomic mass is 10.2. The van der Waals surface area contributed by atoms with Gasteiger partial charge in [0.2, 0.25) is 11.9 Å². The van der Waals surface area contributed by atoms with Crippen LogP contribution in [0.15, 0.2) is 18.2 Å². The molecule has 7 nitrogen and oxygen atoms in total. The molecular weight excluding hydrogens is 251 g/mol. The Balaban J connectivity index is 2.29. The van der Waals surface area contributed by atoms with E-state index in [2.05, 4.69) is 25.7 Å². The van der Waals surface area contributed by atoms with E-state index in [1.165, 1.54) is 13.2 Å². The monoisotopic (exact) mass is 264 g/mol. The van der Waals surface area contributed by atoms with Crippen LogP contribution in [0, 0.1) is 12.7 Å². The minimum atomic E-state index is -0.275. The van der Waals surface area contributed by atoms with E-state index in [-0.39, 0.29) is 23.7 Å². The van der Waals surface area contributed by atoms with E-state index in [1.54, 1.807) is 19.1 Å². The van der Waals surface area contributed by atoms with Gasteiger partial charge in [-0.2, -0.15) is 15.0 Å². The van der Waals surface area contributed by atoms with E-state index in [0.717, 1.165) is 0 Å². The number of hydrazine groups is 1. The molecule has 1 aromatic heterocycles. The number of nitrogens with zero attached hydrogens (tertiary/aromatic N) is 3. The second-order valence-corrected chi connectivity index (χ2v) is 3.70. The lowest BCUT2D eigenvalue weighted by Crippen LogP contribution is -2.13. The summed E-state index contributed by atoms with van der Waals surface area (Å²) in [6, 6.07) is 4.69. The summed E-state index contributed by atoms with van der Waals surface area (Å²) in [5, 5.41) is 2.92. The molecule has 0 atom stereocenters. The molecule has 0 aliphatic carbocycles. The zero-order valence-corrected chi connectivity index (χ0v) is 10.4. The van der Waals surface area contributed by atoms with E-state index >= 15 is 0 Å². The zero-order valence-electron chi connectivity index (χ0n) is 10.4. The quantitative estimate of drug-likeness (QED) is 0.566. The number of aromatic nitrogens is 3. The first-order chi connectivity index (χ1) is 9.12. The van der Waals surface area contributed by atoms with Crippen molar-refractivity contribution < 1.29 is 9.13 Å². The van der Waals surface area contributed by atoms with E-state index in [4.69, 9.17) is 10.6 Å². The average molecular weight is 264 g/mol. The van der Waals surface area contributed by atoms with Gasteiger partial charge in [-0.1, -0.05) is 0 Å². The van der Waals surface area contributed by atoms with Gasteiger partial charge in [0.05, 0.1) is 7.11 Å². The Bertz CT molecular complexity index is 569. The van der Waals surface area contributed by atoms with Gasteiger partial charge in [-0.05, 0) is 30.7 Å². The van der Waals surface area contributed by atoms with Gasteiger partial charge in [-0.3, -0.25) is 5.43 Å². The third-order valence-corrected chi connectivity index (χ3v) is 2.34. The Morgan fingerprint density at radius 2 is 1.95 bits per heavy atom. The number of nitrogens with two attached hydrogens (primary N) is 1. The van der Waals surface area contributed by atoms with Gasteiger partial charge >= 0.3 is 6.01 Å². The minimum absolute atomic E-state index is 0.115. The smallest absolute Gasteiger partial charge is 0.322 e. The van der Waals surface area contributed by atoms with Gasteiger partial charge in [-0.15, -0.1) is 0 Å². The number of hydrogen-bond acceptors (Lipinski definition) is 7. The van der Waals surface area contributed by atoms with Crippen LogP contribution >= 0.6 is 0 Å². The van der Waals surface area contributed by atoms with Gasteiger partial charge in [0.1, 0.15) is 5.82 Å². The predicted molar refractivity (Wildman–Crippen MR) is 68.6 cm³/mol. The number of halogens is 1. The van der Waals surface area contributed by atoms with Crippen molar-refractivity contribution in [3.8, 4) is 6.01 Å². The SMILES string of the molecule is COc1nc(NN)nc(Nc2ccc(F)c(C)c2)n1. The molecule has 0 saturated heterocycles. The fourth-order valence-corrected chi connectivity index (χ4v) is 1.42. The van der Waals surface area contributed by atoms with Crippen LogP contribution < -0.4 is 21.3 Å². The molecule has 1 heterocycles. The number of rotatable bonds is 4. The van der Waals surface area contributed by atoms with Gasteiger partial charge in [0.25, 0.3) is 0 Å². The standard InChI is InChI=1S/C11H13FN6O/c1-6-5-7(3-4-8(6)12)14-9-15-10(18-13)17-11(16-9)19-2/h3-5H,13H2,1-2H3,(H2,14,15,16,17,18). The first kappa shape index (κ1) is 13.0. The molecular formula is C11H13FN6O. The van der Waals surface area contributed by atoms with Crippen LogP contribution in [0.2, 0.25) is 0 Å².